The van der Waals surface area contributed by atoms with Gasteiger partial charge in [-0.15, -0.1) is 0 Å². The number of likely N-dealkylation sites (N-methyl/N-ethyl adjacent to an activating group) is 1. The zero-order valence-corrected chi connectivity index (χ0v) is 19.1. The molecule has 31 heavy (non-hydrogen) atoms. The van der Waals surface area contributed by atoms with Crippen molar-refractivity contribution in [2.75, 3.05) is 44.7 Å². The minimum absolute atomic E-state index is 0.0917. The molecule has 1 aromatic heterocycles. The van der Waals surface area contributed by atoms with Gasteiger partial charge in [0.05, 0.1) is 19.0 Å². The molecule has 0 saturated carbocycles. The molecule has 9 nitrogen and oxygen atoms in total. The Balaban J connectivity index is 1.32. The highest BCUT2D eigenvalue weighted by atomic mass is 16.5. The first-order valence-corrected chi connectivity index (χ1v) is 11.5. The molecule has 3 N–H and O–H groups in total. The van der Waals surface area contributed by atoms with Gasteiger partial charge in [0.25, 0.3) is 0 Å². The smallest absolute Gasteiger partial charge is 0.345 e. The number of likely N-dealkylation sites (tertiary alicyclic amines) is 1. The number of amidine groups is 1. The van der Waals surface area contributed by atoms with Gasteiger partial charge in [-0.05, 0) is 45.1 Å². The summed E-state index contributed by atoms with van der Waals surface area (Å²) in [6, 6.07) is 0.308. The minimum Gasteiger partial charge on any atom is -0.490 e. The number of hydrogen-bond donors (Lipinski definition) is 2. The van der Waals surface area contributed by atoms with Crippen LogP contribution in [0.25, 0.3) is 0 Å². The SMILES string of the molecule is CNC1CCN(c2ncc(OCCCC3CCN(C(=O)/N=C(\N)C(C)C)CC3)cn2)C1. The predicted octanol–water partition coefficient (Wildman–Crippen LogP) is 2.28. The Morgan fingerprint density at radius 2 is 1.97 bits per heavy atom. The lowest BCUT2D eigenvalue weighted by atomic mass is 9.92. The predicted molar refractivity (Wildman–Crippen MR) is 123 cm³/mol. The molecule has 3 rings (SSSR count). The second kappa shape index (κ2) is 11.3. The zero-order valence-electron chi connectivity index (χ0n) is 19.1. The number of carbonyl (C=O) groups excluding carboxylic acids is 1. The van der Waals surface area contributed by atoms with Gasteiger partial charge in [-0.2, -0.15) is 4.99 Å². The second-order valence-corrected chi connectivity index (χ2v) is 8.83. The van der Waals surface area contributed by atoms with E-state index in [0.717, 1.165) is 64.2 Å². The third-order valence-electron chi connectivity index (χ3n) is 6.22. The Morgan fingerprint density at radius 1 is 1.26 bits per heavy atom. The first-order valence-electron chi connectivity index (χ1n) is 11.5. The second-order valence-electron chi connectivity index (χ2n) is 8.83. The van der Waals surface area contributed by atoms with E-state index in [2.05, 4.69) is 25.2 Å². The lowest BCUT2D eigenvalue weighted by molar-refractivity contribution is 0.172. The number of aliphatic imine (C=N–C) groups is 1. The number of piperidine rings is 1. The molecule has 0 spiro atoms. The van der Waals surface area contributed by atoms with E-state index in [1.165, 1.54) is 0 Å². The topological polar surface area (TPSA) is 109 Å². The van der Waals surface area contributed by atoms with Crippen LogP contribution in [-0.2, 0) is 0 Å². The highest BCUT2D eigenvalue weighted by Crippen LogP contribution is 2.23. The maximum atomic E-state index is 12.2. The molecular weight excluding hydrogens is 394 g/mol. The number of amides is 2. The molecule has 3 heterocycles. The van der Waals surface area contributed by atoms with E-state index >= 15 is 0 Å². The van der Waals surface area contributed by atoms with Gasteiger partial charge in [-0.1, -0.05) is 13.8 Å². The third-order valence-corrected chi connectivity index (χ3v) is 6.22. The Hall–Kier alpha value is -2.42. The summed E-state index contributed by atoms with van der Waals surface area (Å²) in [6.07, 6.45) is 8.73. The van der Waals surface area contributed by atoms with Crippen molar-refractivity contribution in [1.82, 2.24) is 20.2 Å². The van der Waals surface area contributed by atoms with Gasteiger partial charge in [0.1, 0.15) is 5.84 Å². The summed E-state index contributed by atoms with van der Waals surface area (Å²) < 4.78 is 5.83. The van der Waals surface area contributed by atoms with Crippen molar-refractivity contribution < 1.29 is 9.53 Å². The lowest BCUT2D eigenvalue weighted by Gasteiger charge is -2.30. The summed E-state index contributed by atoms with van der Waals surface area (Å²) in [5.41, 5.74) is 5.81. The Labute approximate surface area is 185 Å². The minimum atomic E-state index is -0.202. The molecule has 2 aliphatic heterocycles. The molecule has 0 radical (unpaired) electrons. The number of anilines is 1. The van der Waals surface area contributed by atoms with Crippen molar-refractivity contribution in [3.8, 4) is 5.75 Å². The maximum absolute atomic E-state index is 12.2. The number of urea groups is 1. The number of nitrogens with one attached hydrogen (secondary N) is 1. The van der Waals surface area contributed by atoms with Crippen LogP contribution < -0.4 is 20.7 Å². The fraction of sp³-hybridized carbons (Fsp3) is 0.727. The molecule has 0 aromatic carbocycles. The molecule has 2 fully saturated rings. The quantitative estimate of drug-likeness (QED) is 0.369. The number of ether oxygens (including phenoxy) is 1. The van der Waals surface area contributed by atoms with Crippen LogP contribution in [0.4, 0.5) is 10.7 Å². The summed E-state index contributed by atoms with van der Waals surface area (Å²) in [6.45, 7) is 7.95. The van der Waals surface area contributed by atoms with Crippen molar-refractivity contribution in [1.29, 1.82) is 0 Å². The molecule has 172 valence electrons. The first-order chi connectivity index (χ1) is 15.0. The van der Waals surface area contributed by atoms with Crippen molar-refractivity contribution in [3.05, 3.63) is 12.4 Å². The molecule has 2 amide bonds. The van der Waals surface area contributed by atoms with Crippen molar-refractivity contribution in [3.63, 3.8) is 0 Å². The monoisotopic (exact) mass is 431 g/mol. The highest BCUT2D eigenvalue weighted by molar-refractivity contribution is 5.93. The van der Waals surface area contributed by atoms with Crippen LogP contribution in [0, 0.1) is 11.8 Å². The summed E-state index contributed by atoms with van der Waals surface area (Å²) in [7, 11) is 1.99. The molecule has 2 saturated heterocycles. The average molecular weight is 432 g/mol. The molecule has 0 bridgehead atoms. The number of rotatable bonds is 8. The van der Waals surface area contributed by atoms with Crippen LogP contribution in [-0.4, -0.2) is 72.6 Å². The normalized spacial score (nSPS) is 20.5. The van der Waals surface area contributed by atoms with E-state index in [9.17, 15) is 4.79 Å². The van der Waals surface area contributed by atoms with Gasteiger partial charge in [0.15, 0.2) is 5.75 Å². The fourth-order valence-electron chi connectivity index (χ4n) is 4.01. The summed E-state index contributed by atoms with van der Waals surface area (Å²) in [5.74, 6) is 2.60. The third kappa shape index (κ3) is 6.78. The van der Waals surface area contributed by atoms with Gasteiger partial charge in [0, 0.05) is 38.1 Å². The van der Waals surface area contributed by atoms with E-state index in [4.69, 9.17) is 10.5 Å². The number of carbonyl (C=O) groups is 1. The van der Waals surface area contributed by atoms with Crippen molar-refractivity contribution in [2.24, 2.45) is 22.6 Å². The molecule has 2 aliphatic rings. The van der Waals surface area contributed by atoms with Gasteiger partial charge in [0.2, 0.25) is 5.95 Å². The van der Waals surface area contributed by atoms with E-state index < -0.39 is 0 Å². The summed E-state index contributed by atoms with van der Waals surface area (Å²) >= 11 is 0. The van der Waals surface area contributed by atoms with Crippen LogP contribution in [0.3, 0.4) is 0 Å². The summed E-state index contributed by atoms with van der Waals surface area (Å²) in [4.78, 5) is 29.1. The lowest BCUT2D eigenvalue weighted by Crippen LogP contribution is -2.38. The van der Waals surface area contributed by atoms with Crippen molar-refractivity contribution in [2.45, 2.75) is 52.0 Å². The van der Waals surface area contributed by atoms with Gasteiger partial charge in [-0.3, -0.25) is 0 Å². The molecule has 1 atom stereocenters. The molecule has 1 unspecified atom stereocenters. The van der Waals surface area contributed by atoms with Crippen LogP contribution in [0.2, 0.25) is 0 Å². The van der Waals surface area contributed by atoms with Gasteiger partial charge in [-0.25, -0.2) is 14.8 Å². The maximum Gasteiger partial charge on any atom is 0.345 e. The number of hydrogen-bond acceptors (Lipinski definition) is 6. The first kappa shape index (κ1) is 23.2. The van der Waals surface area contributed by atoms with Crippen LogP contribution in [0.15, 0.2) is 17.4 Å². The van der Waals surface area contributed by atoms with E-state index in [1.54, 1.807) is 17.3 Å². The Morgan fingerprint density at radius 3 is 2.58 bits per heavy atom. The number of aromatic nitrogens is 2. The Bertz CT molecular complexity index is 730. The molecule has 9 heteroatoms. The van der Waals surface area contributed by atoms with Gasteiger partial charge >= 0.3 is 6.03 Å². The Kier molecular flexibility index (Phi) is 8.45. The largest absolute Gasteiger partial charge is 0.490 e. The van der Waals surface area contributed by atoms with E-state index in [1.807, 2.05) is 20.9 Å². The molecular formula is C22H37N7O2. The van der Waals surface area contributed by atoms with E-state index in [-0.39, 0.29) is 11.9 Å². The average Bonchev–Trinajstić information content (AvgIpc) is 3.27. The molecule has 1 aromatic rings. The number of nitrogens with zero attached hydrogens (tertiary/aromatic N) is 5. The van der Waals surface area contributed by atoms with E-state index in [0.29, 0.717) is 30.2 Å². The van der Waals surface area contributed by atoms with Crippen LogP contribution >= 0.6 is 0 Å². The number of nitrogens with two attached hydrogens (primary N) is 1. The zero-order chi connectivity index (χ0) is 22.2. The standard InChI is InChI=1S/C22H37N7O2/c1-16(2)20(23)27-22(30)28-9-6-17(7-10-28)5-4-12-31-19-13-25-21(26-14-19)29-11-8-18(15-29)24-3/h13-14,16-18,24H,4-12,15H2,1-3H3,(H2,23,27,30). The van der Waals surface area contributed by atoms with Crippen molar-refractivity contribution >= 4 is 17.8 Å². The summed E-state index contributed by atoms with van der Waals surface area (Å²) in [5, 5.41) is 3.30. The fourth-order valence-corrected chi connectivity index (χ4v) is 4.01. The van der Waals surface area contributed by atoms with Crippen LogP contribution in [0.1, 0.15) is 46.0 Å². The highest BCUT2D eigenvalue weighted by Gasteiger charge is 2.24. The van der Waals surface area contributed by atoms with Crippen LogP contribution in [0.5, 0.6) is 5.75 Å². The molecule has 0 aliphatic carbocycles. The van der Waals surface area contributed by atoms with Gasteiger partial charge < -0.3 is 25.6 Å².